The van der Waals surface area contributed by atoms with E-state index in [-0.39, 0.29) is 18.6 Å². The van der Waals surface area contributed by atoms with Crippen LogP contribution in [0.15, 0.2) is 34.7 Å². The maximum absolute atomic E-state index is 11.7. The summed E-state index contributed by atoms with van der Waals surface area (Å²) in [5.74, 6) is 16.7. The minimum atomic E-state index is -0.279. The first-order chi connectivity index (χ1) is 14.0. The molecule has 3 aliphatic rings. The molecule has 0 radical (unpaired) electrons. The van der Waals surface area contributed by atoms with E-state index in [1.165, 1.54) is 24.1 Å². The maximum atomic E-state index is 11.7. The Balaban J connectivity index is 1.60. The van der Waals surface area contributed by atoms with E-state index in [4.69, 9.17) is 27.8 Å². The highest BCUT2D eigenvalue weighted by Gasteiger charge is 2.31. The maximum Gasteiger partial charge on any atom is 0.279 e. The number of aromatic nitrogens is 1. The van der Waals surface area contributed by atoms with Gasteiger partial charge >= 0.3 is 0 Å². The summed E-state index contributed by atoms with van der Waals surface area (Å²) in [4.78, 5) is 16.5. The average molecular weight is 394 g/mol. The lowest BCUT2D eigenvalue weighted by molar-refractivity contribution is -0.136. The van der Waals surface area contributed by atoms with Crippen molar-refractivity contribution in [2.75, 3.05) is 6.61 Å². The number of nitrogens with zero attached hydrogens (tertiary/aromatic N) is 4. The molecule has 1 unspecified atom stereocenters. The van der Waals surface area contributed by atoms with Gasteiger partial charge in [-0.25, -0.2) is 21.7 Å². The molecule has 0 spiro atoms. The number of carbonyl (C=O) groups is 1. The molecule has 8 heteroatoms. The number of terminal acetylenes is 1. The zero-order chi connectivity index (χ0) is 20.5. The van der Waals surface area contributed by atoms with E-state index in [1.54, 1.807) is 5.01 Å². The summed E-state index contributed by atoms with van der Waals surface area (Å²) >= 11 is 0. The lowest BCUT2D eigenvalue weighted by Crippen LogP contribution is -2.48. The zero-order valence-electron chi connectivity index (χ0n) is 16.6. The van der Waals surface area contributed by atoms with Crippen LogP contribution in [0.25, 0.3) is 0 Å². The summed E-state index contributed by atoms with van der Waals surface area (Å²) in [5.41, 5.74) is 3.27. The van der Waals surface area contributed by atoms with Crippen molar-refractivity contribution >= 4 is 17.6 Å². The Morgan fingerprint density at radius 2 is 2.24 bits per heavy atom. The summed E-state index contributed by atoms with van der Waals surface area (Å²) in [6, 6.07) is 1.94. The van der Waals surface area contributed by atoms with Crippen LogP contribution in [-0.4, -0.2) is 39.0 Å². The van der Waals surface area contributed by atoms with Crippen LogP contribution in [0.1, 0.15) is 36.9 Å². The smallest absolute Gasteiger partial charge is 0.279 e. The summed E-state index contributed by atoms with van der Waals surface area (Å²) in [5, 5.41) is 2.71. The molecule has 0 bridgehead atoms. The Morgan fingerprint density at radius 3 is 3.00 bits per heavy atom. The molecule has 8 nitrogen and oxygen atoms in total. The minimum absolute atomic E-state index is 0.0861. The highest BCUT2D eigenvalue weighted by Crippen LogP contribution is 2.30. The molecule has 4 rings (SSSR count). The number of fused-ring (bicyclic) bond motifs is 2. The molecule has 1 aliphatic heterocycles. The second-order valence-corrected chi connectivity index (χ2v) is 7.53. The average Bonchev–Trinajstić information content (AvgIpc) is 3.05. The van der Waals surface area contributed by atoms with E-state index in [0.29, 0.717) is 30.1 Å². The van der Waals surface area contributed by atoms with Gasteiger partial charge in [-0.05, 0) is 49.8 Å². The standard InChI is InChI=1S/C21H26N6O2/c1-3-6-19(24-20-11-14-7-4-5-8-16(14)25(20)2)26(22)15-9-10-17-18(12-15)29-13-21(28)27(17)23/h1,10-12,15H,4-9,13,22-23H2,2H3. The number of hydrogen-bond donors (Lipinski definition) is 2. The molecule has 2 heterocycles. The van der Waals surface area contributed by atoms with E-state index < -0.39 is 0 Å². The number of carbonyl (C=O) groups excluding carboxylic acids is 1. The first kappa shape index (κ1) is 19.3. The quantitative estimate of drug-likeness (QED) is 0.202. The number of aryl methyl sites for hydroxylation is 1. The lowest BCUT2D eigenvalue weighted by atomic mass is 9.98. The predicted octanol–water partition coefficient (Wildman–Crippen LogP) is 1.41. The van der Waals surface area contributed by atoms with E-state index in [9.17, 15) is 4.79 Å². The second-order valence-electron chi connectivity index (χ2n) is 7.53. The number of hydrazine groups is 2. The van der Waals surface area contributed by atoms with Crippen LogP contribution < -0.4 is 11.7 Å². The van der Waals surface area contributed by atoms with Crippen LogP contribution >= 0.6 is 0 Å². The minimum Gasteiger partial charge on any atom is -0.482 e. The number of morpholine rings is 1. The first-order valence-electron chi connectivity index (χ1n) is 9.84. The summed E-state index contributed by atoms with van der Waals surface area (Å²) in [7, 11) is 2.04. The van der Waals surface area contributed by atoms with Gasteiger partial charge in [0.1, 0.15) is 17.4 Å². The fraction of sp³-hybridized carbons (Fsp3) is 0.429. The summed E-state index contributed by atoms with van der Waals surface area (Å²) in [6.45, 7) is -0.0861. The molecule has 0 aromatic carbocycles. The van der Waals surface area contributed by atoms with Gasteiger partial charge in [0.15, 0.2) is 6.61 Å². The number of hydrogen-bond acceptors (Lipinski definition) is 5. The molecular formula is C21H26N6O2. The largest absolute Gasteiger partial charge is 0.482 e. The zero-order valence-corrected chi connectivity index (χ0v) is 16.6. The van der Waals surface area contributed by atoms with Gasteiger partial charge in [-0.2, -0.15) is 0 Å². The van der Waals surface area contributed by atoms with E-state index in [2.05, 4.69) is 16.6 Å². The number of nitrogens with two attached hydrogens (primary N) is 2. The summed E-state index contributed by atoms with van der Waals surface area (Å²) < 4.78 is 7.67. The highest BCUT2D eigenvalue weighted by atomic mass is 16.5. The van der Waals surface area contributed by atoms with E-state index in [1.807, 2.05) is 19.2 Å². The third kappa shape index (κ3) is 3.55. The molecular weight excluding hydrogens is 368 g/mol. The van der Waals surface area contributed by atoms with Crippen molar-refractivity contribution in [2.24, 2.45) is 23.7 Å². The lowest BCUT2D eigenvalue weighted by Gasteiger charge is -2.34. The summed E-state index contributed by atoms with van der Waals surface area (Å²) in [6.07, 6.45) is 14.8. The van der Waals surface area contributed by atoms with E-state index in [0.717, 1.165) is 23.7 Å². The van der Waals surface area contributed by atoms with Gasteiger partial charge in [0, 0.05) is 12.7 Å². The fourth-order valence-corrected chi connectivity index (χ4v) is 4.09. The number of ether oxygens (including phenoxy) is 1. The third-order valence-corrected chi connectivity index (χ3v) is 5.72. The highest BCUT2D eigenvalue weighted by molar-refractivity contribution is 5.87. The van der Waals surface area contributed by atoms with E-state index >= 15 is 0 Å². The van der Waals surface area contributed by atoms with Gasteiger partial charge in [0.05, 0.1) is 18.2 Å². The van der Waals surface area contributed by atoms with Crippen LogP contribution in [0.3, 0.4) is 0 Å². The van der Waals surface area contributed by atoms with Crippen molar-refractivity contribution < 1.29 is 9.53 Å². The Morgan fingerprint density at radius 1 is 1.45 bits per heavy atom. The monoisotopic (exact) mass is 394 g/mol. The molecule has 152 valence electrons. The third-order valence-electron chi connectivity index (χ3n) is 5.72. The molecule has 1 aromatic heterocycles. The Kier molecular flexibility index (Phi) is 5.18. The normalized spacial score (nSPS) is 21.4. The van der Waals surface area contributed by atoms with Crippen LogP contribution in [0.5, 0.6) is 0 Å². The Labute approximate surface area is 170 Å². The van der Waals surface area contributed by atoms with Crippen molar-refractivity contribution in [3.05, 3.63) is 40.9 Å². The number of rotatable bonds is 3. The second kappa shape index (κ2) is 7.78. The fourth-order valence-electron chi connectivity index (χ4n) is 4.09. The van der Waals surface area contributed by atoms with Gasteiger partial charge in [0.2, 0.25) is 0 Å². The predicted molar refractivity (Wildman–Crippen MR) is 110 cm³/mol. The van der Waals surface area contributed by atoms with Crippen LogP contribution in [0.4, 0.5) is 5.82 Å². The van der Waals surface area contributed by atoms with Crippen LogP contribution in [0, 0.1) is 12.3 Å². The van der Waals surface area contributed by atoms with Crippen LogP contribution in [0.2, 0.25) is 0 Å². The topological polar surface area (TPSA) is 102 Å². The number of amidine groups is 1. The number of aliphatic imine (C=N–C) groups is 1. The molecule has 4 N–H and O–H groups in total. The van der Waals surface area contributed by atoms with Gasteiger partial charge in [-0.3, -0.25) is 9.80 Å². The Hall–Kier alpha value is -3.02. The molecule has 0 saturated carbocycles. The van der Waals surface area contributed by atoms with Gasteiger partial charge in [-0.15, -0.1) is 6.42 Å². The molecule has 1 atom stereocenters. The molecule has 29 heavy (non-hydrogen) atoms. The molecule has 1 aromatic rings. The van der Waals surface area contributed by atoms with Crippen molar-refractivity contribution in [2.45, 2.75) is 44.6 Å². The van der Waals surface area contributed by atoms with Crippen molar-refractivity contribution in [1.82, 2.24) is 14.6 Å². The SMILES string of the molecule is C#CCC(=Nc1cc2c(n1C)CCCC2)N(N)C1C=C2OCC(=O)N(N)C2=CC1. The van der Waals surface area contributed by atoms with Gasteiger partial charge in [-0.1, -0.05) is 12.0 Å². The molecule has 2 aliphatic carbocycles. The van der Waals surface area contributed by atoms with Crippen molar-refractivity contribution in [1.29, 1.82) is 0 Å². The number of amides is 1. The van der Waals surface area contributed by atoms with Gasteiger partial charge < -0.3 is 9.30 Å². The molecule has 1 saturated heterocycles. The van der Waals surface area contributed by atoms with Crippen molar-refractivity contribution in [3.63, 3.8) is 0 Å². The molecule has 1 fully saturated rings. The van der Waals surface area contributed by atoms with Gasteiger partial charge in [0.25, 0.3) is 5.91 Å². The Bertz CT molecular complexity index is 965. The van der Waals surface area contributed by atoms with Crippen LogP contribution in [-0.2, 0) is 29.4 Å². The first-order valence-corrected chi connectivity index (χ1v) is 9.84. The molecule has 1 amide bonds. The van der Waals surface area contributed by atoms with Crippen molar-refractivity contribution in [3.8, 4) is 12.3 Å².